The number of aliphatic hydroxyl groups is 1. The minimum atomic E-state index is -0.318. The summed E-state index contributed by atoms with van der Waals surface area (Å²) < 4.78 is 6.76. The molecule has 0 spiro atoms. The van der Waals surface area contributed by atoms with E-state index >= 15 is 0 Å². The van der Waals surface area contributed by atoms with Crippen LogP contribution >= 0.6 is 15.9 Å². The molecule has 0 fully saturated rings. The highest BCUT2D eigenvalue weighted by Crippen LogP contribution is 2.32. The molecule has 1 atom stereocenters. The lowest BCUT2D eigenvalue weighted by molar-refractivity contribution is 0.156. The van der Waals surface area contributed by atoms with E-state index in [9.17, 15) is 5.11 Å². The van der Waals surface area contributed by atoms with Gasteiger partial charge >= 0.3 is 0 Å². The van der Waals surface area contributed by atoms with E-state index in [0.717, 1.165) is 40.6 Å². The van der Waals surface area contributed by atoms with Gasteiger partial charge in [-0.2, -0.15) is 0 Å². The number of rotatable bonds is 3. The van der Waals surface area contributed by atoms with Crippen LogP contribution in [0.2, 0.25) is 0 Å². The van der Waals surface area contributed by atoms with Crippen LogP contribution in [-0.4, -0.2) is 10.1 Å². The van der Waals surface area contributed by atoms with Crippen LogP contribution in [0.15, 0.2) is 41.1 Å². The molecule has 0 saturated carbocycles. The van der Waals surface area contributed by atoms with Crippen LogP contribution in [0.3, 0.4) is 0 Å². The van der Waals surface area contributed by atoms with Crippen LogP contribution in [-0.2, 0) is 13.0 Å². The molecule has 1 aromatic heterocycles. The zero-order chi connectivity index (χ0) is 13.9. The number of fused-ring (bicyclic) bond motifs is 1. The number of aliphatic hydroxyl groups excluding tert-OH is 1. The quantitative estimate of drug-likeness (QED) is 0.929. The topological polar surface area (TPSA) is 42.4 Å². The summed E-state index contributed by atoms with van der Waals surface area (Å²) in [5.74, 6) is 0.845. The van der Waals surface area contributed by atoms with Crippen molar-refractivity contribution in [2.24, 2.45) is 0 Å². The summed E-state index contributed by atoms with van der Waals surface area (Å²) in [4.78, 5) is 4.12. The van der Waals surface area contributed by atoms with E-state index in [1.165, 1.54) is 5.56 Å². The number of pyridine rings is 1. The highest BCUT2D eigenvalue weighted by molar-refractivity contribution is 9.10. The van der Waals surface area contributed by atoms with E-state index in [1.807, 2.05) is 24.3 Å². The summed E-state index contributed by atoms with van der Waals surface area (Å²) in [5, 5.41) is 9.94. The molecule has 0 radical (unpaired) electrons. The zero-order valence-electron chi connectivity index (χ0n) is 11.1. The van der Waals surface area contributed by atoms with Crippen LogP contribution in [0.5, 0.6) is 5.75 Å². The van der Waals surface area contributed by atoms with Gasteiger partial charge in [0.05, 0.1) is 6.10 Å². The molecular weight excluding hydrogens is 318 g/mol. The van der Waals surface area contributed by atoms with Gasteiger partial charge in [-0.3, -0.25) is 4.98 Å². The molecule has 1 aliphatic carbocycles. The normalized spacial score (nSPS) is 17.6. The molecule has 1 unspecified atom stereocenters. The lowest BCUT2D eigenvalue weighted by Gasteiger charge is -2.21. The average molecular weight is 334 g/mol. The molecule has 2 aromatic rings. The highest BCUT2D eigenvalue weighted by atomic mass is 79.9. The van der Waals surface area contributed by atoms with Crippen LogP contribution in [0.25, 0.3) is 0 Å². The fourth-order valence-electron chi connectivity index (χ4n) is 2.56. The molecule has 1 heterocycles. The smallest absolute Gasteiger partial charge is 0.120 e. The van der Waals surface area contributed by atoms with E-state index in [2.05, 4.69) is 20.9 Å². The molecule has 1 N–H and O–H groups in total. The van der Waals surface area contributed by atoms with Crippen LogP contribution in [0.4, 0.5) is 0 Å². The molecule has 1 aliphatic rings. The van der Waals surface area contributed by atoms with Crippen molar-refractivity contribution < 1.29 is 9.84 Å². The number of aryl methyl sites for hydroxylation is 1. The van der Waals surface area contributed by atoms with E-state index < -0.39 is 0 Å². The Morgan fingerprint density at radius 2 is 2.20 bits per heavy atom. The number of aromatic nitrogens is 1. The van der Waals surface area contributed by atoms with Gasteiger partial charge in [0.15, 0.2) is 0 Å². The van der Waals surface area contributed by atoms with Gasteiger partial charge in [0.2, 0.25) is 0 Å². The minimum absolute atomic E-state index is 0.318. The molecule has 4 heteroatoms. The monoisotopic (exact) mass is 333 g/mol. The van der Waals surface area contributed by atoms with Crippen molar-refractivity contribution in [3.05, 3.63) is 57.8 Å². The summed E-state index contributed by atoms with van der Waals surface area (Å²) in [6.07, 6.45) is 6.14. The Bertz CT molecular complexity index is 615. The van der Waals surface area contributed by atoms with Crippen molar-refractivity contribution in [2.45, 2.75) is 32.0 Å². The van der Waals surface area contributed by atoms with Gasteiger partial charge in [-0.1, -0.05) is 6.07 Å². The molecule has 3 rings (SSSR count). The van der Waals surface area contributed by atoms with Gasteiger partial charge in [-0.05, 0) is 64.5 Å². The molecule has 0 aliphatic heterocycles. The maximum atomic E-state index is 9.94. The Morgan fingerprint density at radius 1 is 1.30 bits per heavy atom. The van der Waals surface area contributed by atoms with E-state index in [0.29, 0.717) is 6.61 Å². The Kier molecular flexibility index (Phi) is 4.03. The molecule has 0 saturated heterocycles. The predicted octanol–water partition coefficient (Wildman–Crippen LogP) is 3.79. The fraction of sp³-hybridized carbons (Fsp3) is 0.312. The summed E-state index contributed by atoms with van der Waals surface area (Å²) in [6, 6.07) is 7.95. The lowest BCUT2D eigenvalue weighted by atomic mass is 9.89. The predicted molar refractivity (Wildman–Crippen MR) is 80.6 cm³/mol. The second kappa shape index (κ2) is 5.94. The van der Waals surface area contributed by atoms with E-state index in [-0.39, 0.29) is 6.10 Å². The van der Waals surface area contributed by atoms with Crippen LogP contribution in [0, 0.1) is 0 Å². The standard InChI is InChI=1S/C16H16BrNO2/c17-13-6-11(8-18-9-13)10-20-14-4-5-15-12(7-14)2-1-3-16(15)19/h4-9,16,19H,1-3,10H2. The first kappa shape index (κ1) is 13.6. The summed E-state index contributed by atoms with van der Waals surface area (Å²) in [7, 11) is 0. The third kappa shape index (κ3) is 3.02. The van der Waals surface area contributed by atoms with Crippen LogP contribution in [0.1, 0.15) is 35.6 Å². The van der Waals surface area contributed by atoms with Gasteiger partial charge < -0.3 is 9.84 Å². The molecule has 3 nitrogen and oxygen atoms in total. The van der Waals surface area contributed by atoms with E-state index in [1.54, 1.807) is 12.4 Å². The first-order valence-corrected chi connectivity index (χ1v) is 7.55. The molecule has 20 heavy (non-hydrogen) atoms. The van der Waals surface area contributed by atoms with Crippen molar-refractivity contribution in [1.82, 2.24) is 4.98 Å². The number of hydrogen-bond acceptors (Lipinski definition) is 3. The first-order valence-electron chi connectivity index (χ1n) is 6.75. The molecular formula is C16H16BrNO2. The summed E-state index contributed by atoms with van der Waals surface area (Å²) in [6.45, 7) is 0.494. The van der Waals surface area contributed by atoms with Gasteiger partial charge in [-0.25, -0.2) is 0 Å². The van der Waals surface area contributed by atoms with Crippen molar-refractivity contribution in [3.63, 3.8) is 0 Å². The number of hydrogen-bond donors (Lipinski definition) is 1. The molecule has 0 bridgehead atoms. The Labute approximate surface area is 126 Å². The number of benzene rings is 1. The average Bonchev–Trinajstić information content (AvgIpc) is 2.45. The number of ether oxygens (including phenoxy) is 1. The Hall–Kier alpha value is -1.39. The third-order valence-electron chi connectivity index (χ3n) is 3.56. The van der Waals surface area contributed by atoms with Crippen molar-refractivity contribution in [1.29, 1.82) is 0 Å². The van der Waals surface area contributed by atoms with Gasteiger partial charge in [0.25, 0.3) is 0 Å². The van der Waals surface area contributed by atoms with Gasteiger partial charge in [0, 0.05) is 22.4 Å². The maximum Gasteiger partial charge on any atom is 0.120 e. The second-order valence-corrected chi connectivity index (χ2v) is 5.98. The zero-order valence-corrected chi connectivity index (χ0v) is 12.6. The number of halogens is 1. The molecule has 104 valence electrons. The van der Waals surface area contributed by atoms with Crippen LogP contribution < -0.4 is 4.74 Å². The fourth-order valence-corrected chi connectivity index (χ4v) is 2.97. The van der Waals surface area contributed by atoms with Gasteiger partial charge in [-0.15, -0.1) is 0 Å². The summed E-state index contributed by atoms with van der Waals surface area (Å²) >= 11 is 3.40. The van der Waals surface area contributed by atoms with E-state index in [4.69, 9.17) is 4.74 Å². The van der Waals surface area contributed by atoms with Crippen molar-refractivity contribution in [2.75, 3.05) is 0 Å². The minimum Gasteiger partial charge on any atom is -0.489 e. The Balaban J connectivity index is 1.72. The first-order chi connectivity index (χ1) is 9.72. The summed E-state index contributed by atoms with van der Waals surface area (Å²) in [5.41, 5.74) is 3.28. The Morgan fingerprint density at radius 3 is 3.05 bits per heavy atom. The van der Waals surface area contributed by atoms with Crippen molar-refractivity contribution >= 4 is 15.9 Å². The number of nitrogens with zero attached hydrogens (tertiary/aromatic N) is 1. The van der Waals surface area contributed by atoms with Gasteiger partial charge in [0.1, 0.15) is 12.4 Å². The molecule has 0 amide bonds. The maximum absolute atomic E-state index is 9.94. The van der Waals surface area contributed by atoms with Crippen molar-refractivity contribution in [3.8, 4) is 5.75 Å². The SMILES string of the molecule is OC1CCCc2cc(OCc3cncc(Br)c3)ccc21. The second-order valence-electron chi connectivity index (χ2n) is 5.07. The lowest BCUT2D eigenvalue weighted by Crippen LogP contribution is -2.09. The largest absolute Gasteiger partial charge is 0.489 e. The highest BCUT2D eigenvalue weighted by Gasteiger charge is 2.18. The molecule has 1 aromatic carbocycles. The third-order valence-corrected chi connectivity index (χ3v) is 4.00.